The summed E-state index contributed by atoms with van der Waals surface area (Å²) in [5, 5.41) is 2.87. The molecule has 2 aromatic rings. The van der Waals surface area contributed by atoms with Gasteiger partial charge in [0.1, 0.15) is 5.75 Å². The van der Waals surface area contributed by atoms with Crippen LogP contribution in [0.5, 0.6) is 5.75 Å². The Labute approximate surface area is 148 Å². The second kappa shape index (κ2) is 7.51. The first kappa shape index (κ1) is 17.2. The van der Waals surface area contributed by atoms with Gasteiger partial charge in [-0.3, -0.25) is 4.79 Å². The van der Waals surface area contributed by atoms with E-state index in [0.717, 1.165) is 36.0 Å². The Morgan fingerprint density at radius 3 is 2.48 bits per heavy atom. The summed E-state index contributed by atoms with van der Waals surface area (Å²) in [6, 6.07) is 7.63. The number of anilines is 2. The third kappa shape index (κ3) is 4.26. The smallest absolute Gasteiger partial charge is 0.262 e. The van der Waals surface area contributed by atoms with Crippen molar-refractivity contribution >= 4 is 17.5 Å². The third-order valence-corrected chi connectivity index (χ3v) is 4.27. The molecule has 1 fully saturated rings. The van der Waals surface area contributed by atoms with E-state index in [1.165, 1.54) is 12.8 Å². The van der Waals surface area contributed by atoms with E-state index < -0.39 is 0 Å². The molecule has 6 nitrogen and oxygen atoms in total. The Bertz CT molecular complexity index is 747. The number of hydrogen-bond acceptors (Lipinski definition) is 5. The molecule has 0 unspecified atom stereocenters. The summed E-state index contributed by atoms with van der Waals surface area (Å²) in [7, 11) is 0. The average molecular weight is 340 g/mol. The Balaban J connectivity index is 1.64. The molecule has 0 saturated carbocycles. The second-order valence-corrected chi connectivity index (χ2v) is 6.42. The highest BCUT2D eigenvalue weighted by Gasteiger charge is 2.18. The van der Waals surface area contributed by atoms with Crippen LogP contribution in [0.15, 0.2) is 24.3 Å². The van der Waals surface area contributed by atoms with Gasteiger partial charge >= 0.3 is 0 Å². The molecule has 0 spiro atoms. The van der Waals surface area contributed by atoms with E-state index in [2.05, 4.69) is 20.2 Å². The molecule has 0 atom stereocenters. The van der Waals surface area contributed by atoms with Gasteiger partial charge in [0, 0.05) is 13.1 Å². The highest BCUT2D eigenvalue weighted by Crippen LogP contribution is 2.23. The van der Waals surface area contributed by atoms with Crippen LogP contribution in [0.25, 0.3) is 0 Å². The number of amides is 1. The van der Waals surface area contributed by atoms with Crippen molar-refractivity contribution in [2.24, 2.45) is 0 Å². The molecule has 132 valence electrons. The van der Waals surface area contributed by atoms with Gasteiger partial charge < -0.3 is 15.0 Å². The minimum absolute atomic E-state index is 0.0454. The number of benzene rings is 1. The number of aryl methyl sites for hydroxylation is 3. The lowest BCUT2D eigenvalue weighted by Crippen LogP contribution is -2.24. The van der Waals surface area contributed by atoms with Gasteiger partial charge in [-0.05, 0) is 51.3 Å². The van der Waals surface area contributed by atoms with Crippen LogP contribution < -0.4 is 15.0 Å². The normalized spacial score (nSPS) is 13.8. The summed E-state index contributed by atoms with van der Waals surface area (Å²) in [5.74, 6) is 1.22. The lowest BCUT2D eigenvalue weighted by atomic mass is 10.2. The number of nitrogens with one attached hydrogen (secondary N) is 1. The summed E-state index contributed by atoms with van der Waals surface area (Å²) < 4.78 is 5.54. The Morgan fingerprint density at radius 1 is 1.16 bits per heavy atom. The Hall–Kier alpha value is -2.63. The quantitative estimate of drug-likeness (QED) is 0.906. The minimum Gasteiger partial charge on any atom is -0.484 e. The first-order valence-corrected chi connectivity index (χ1v) is 8.62. The van der Waals surface area contributed by atoms with E-state index in [1.54, 1.807) is 0 Å². The molecular formula is C19H24N4O2. The van der Waals surface area contributed by atoms with Gasteiger partial charge in [-0.1, -0.05) is 12.1 Å². The van der Waals surface area contributed by atoms with Gasteiger partial charge in [-0.2, -0.15) is 0 Å². The van der Waals surface area contributed by atoms with E-state index >= 15 is 0 Å². The maximum atomic E-state index is 12.2. The number of nitrogens with zero attached hydrogens (tertiary/aromatic N) is 3. The summed E-state index contributed by atoms with van der Waals surface area (Å²) >= 11 is 0. The largest absolute Gasteiger partial charge is 0.484 e. The van der Waals surface area contributed by atoms with Crippen molar-refractivity contribution in [1.29, 1.82) is 0 Å². The molecule has 1 aromatic carbocycles. The zero-order valence-electron chi connectivity index (χ0n) is 15.0. The fourth-order valence-electron chi connectivity index (χ4n) is 2.97. The number of carbonyl (C=O) groups excluding carboxylic acids is 1. The van der Waals surface area contributed by atoms with Crippen LogP contribution >= 0.6 is 0 Å². The van der Waals surface area contributed by atoms with Gasteiger partial charge in [0.05, 0.1) is 17.1 Å². The van der Waals surface area contributed by atoms with Crippen molar-refractivity contribution < 1.29 is 9.53 Å². The van der Waals surface area contributed by atoms with Crippen molar-refractivity contribution in [2.45, 2.75) is 33.6 Å². The van der Waals surface area contributed by atoms with E-state index in [0.29, 0.717) is 11.4 Å². The van der Waals surface area contributed by atoms with Crippen LogP contribution in [0.3, 0.4) is 0 Å². The van der Waals surface area contributed by atoms with Crippen molar-refractivity contribution in [1.82, 2.24) is 9.97 Å². The van der Waals surface area contributed by atoms with Crippen molar-refractivity contribution in [2.75, 3.05) is 29.9 Å². The zero-order chi connectivity index (χ0) is 17.8. The summed E-state index contributed by atoms with van der Waals surface area (Å²) in [6.45, 7) is 7.72. The Morgan fingerprint density at radius 2 is 1.84 bits per heavy atom. The predicted molar refractivity (Wildman–Crippen MR) is 98.3 cm³/mol. The molecule has 25 heavy (non-hydrogen) atoms. The summed E-state index contributed by atoms with van der Waals surface area (Å²) in [4.78, 5) is 23.5. The summed E-state index contributed by atoms with van der Waals surface area (Å²) in [5.41, 5.74) is 3.31. The molecular weight excluding hydrogens is 316 g/mol. The molecule has 6 heteroatoms. The molecule has 1 amide bonds. The zero-order valence-corrected chi connectivity index (χ0v) is 15.0. The van der Waals surface area contributed by atoms with Crippen molar-refractivity contribution in [3.63, 3.8) is 0 Å². The van der Waals surface area contributed by atoms with E-state index in [4.69, 9.17) is 4.74 Å². The van der Waals surface area contributed by atoms with Gasteiger partial charge in [0.25, 0.3) is 5.91 Å². The van der Waals surface area contributed by atoms with Gasteiger partial charge in [-0.25, -0.2) is 9.97 Å². The fraction of sp³-hybridized carbons (Fsp3) is 0.421. The number of carbonyl (C=O) groups is 1. The molecule has 1 aromatic heterocycles. The van der Waals surface area contributed by atoms with Crippen LogP contribution in [-0.2, 0) is 4.79 Å². The standard InChI is InChI=1S/C19H24N4O2/c1-13-7-6-8-16(11-13)25-12-17(24)22-18-14(2)20-19(21-15(18)3)23-9-4-5-10-23/h6-8,11H,4-5,9-10,12H2,1-3H3,(H,22,24). The predicted octanol–water partition coefficient (Wildman–Crippen LogP) is 3.02. The first-order chi connectivity index (χ1) is 12.0. The van der Waals surface area contributed by atoms with E-state index in [-0.39, 0.29) is 12.5 Å². The highest BCUT2D eigenvalue weighted by atomic mass is 16.5. The molecule has 0 aliphatic carbocycles. The van der Waals surface area contributed by atoms with E-state index in [1.807, 2.05) is 45.0 Å². The van der Waals surface area contributed by atoms with Crippen LogP contribution in [-0.4, -0.2) is 35.6 Å². The van der Waals surface area contributed by atoms with Gasteiger partial charge in [0.2, 0.25) is 5.95 Å². The maximum absolute atomic E-state index is 12.2. The lowest BCUT2D eigenvalue weighted by molar-refractivity contribution is -0.118. The molecule has 2 heterocycles. The van der Waals surface area contributed by atoms with Gasteiger partial charge in [0.15, 0.2) is 6.61 Å². The highest BCUT2D eigenvalue weighted by molar-refractivity contribution is 5.93. The third-order valence-electron chi connectivity index (χ3n) is 4.27. The van der Waals surface area contributed by atoms with Crippen LogP contribution in [0.4, 0.5) is 11.6 Å². The molecule has 0 radical (unpaired) electrons. The van der Waals surface area contributed by atoms with Crippen LogP contribution in [0.1, 0.15) is 29.8 Å². The topological polar surface area (TPSA) is 67.3 Å². The monoisotopic (exact) mass is 340 g/mol. The second-order valence-electron chi connectivity index (χ2n) is 6.42. The Kier molecular flexibility index (Phi) is 5.16. The van der Waals surface area contributed by atoms with Crippen molar-refractivity contribution in [3.8, 4) is 5.75 Å². The summed E-state index contributed by atoms with van der Waals surface area (Å²) in [6.07, 6.45) is 2.35. The lowest BCUT2D eigenvalue weighted by Gasteiger charge is -2.18. The molecule has 1 aliphatic rings. The molecule has 0 bridgehead atoms. The average Bonchev–Trinajstić information content (AvgIpc) is 3.11. The van der Waals surface area contributed by atoms with Crippen molar-refractivity contribution in [3.05, 3.63) is 41.2 Å². The maximum Gasteiger partial charge on any atom is 0.262 e. The number of rotatable bonds is 5. The van der Waals surface area contributed by atoms with Gasteiger partial charge in [-0.15, -0.1) is 0 Å². The first-order valence-electron chi connectivity index (χ1n) is 8.62. The SMILES string of the molecule is Cc1cccc(OCC(=O)Nc2c(C)nc(N3CCCC3)nc2C)c1. The molecule has 1 aliphatic heterocycles. The van der Waals surface area contributed by atoms with Crippen LogP contribution in [0, 0.1) is 20.8 Å². The fourth-order valence-corrected chi connectivity index (χ4v) is 2.97. The van der Waals surface area contributed by atoms with E-state index in [9.17, 15) is 4.79 Å². The minimum atomic E-state index is -0.217. The van der Waals surface area contributed by atoms with Crippen LogP contribution in [0.2, 0.25) is 0 Å². The number of hydrogen-bond donors (Lipinski definition) is 1. The molecule has 1 saturated heterocycles. The molecule has 1 N–H and O–H groups in total. The number of aromatic nitrogens is 2. The number of ether oxygens (including phenoxy) is 1. The molecule has 3 rings (SSSR count).